The predicted molar refractivity (Wildman–Crippen MR) is 84.6 cm³/mol. The Morgan fingerprint density at radius 2 is 1.83 bits per heavy atom. The van der Waals surface area contributed by atoms with E-state index in [9.17, 15) is 13.2 Å². The topological polar surface area (TPSA) is 76.2 Å². The van der Waals surface area contributed by atoms with Crippen LogP contribution in [0.4, 0.5) is 0 Å². The zero-order chi connectivity index (χ0) is 16.4. The van der Waals surface area contributed by atoms with E-state index in [-0.39, 0.29) is 18.5 Å². The molecule has 8 heteroatoms. The molecule has 0 radical (unpaired) electrons. The standard InChI is InChI=1S/C15H20N2O5S/c1-23(19,20)9-8-16-4-6-17(7-5-16)15(18)12-2-3-13-14(10-12)22-11-21-13/h2-3,10H,4-9,11H2,1H3. The first-order chi connectivity index (χ1) is 10.9. The second-order valence-electron chi connectivity index (χ2n) is 5.83. The van der Waals surface area contributed by atoms with E-state index in [1.807, 2.05) is 0 Å². The Morgan fingerprint density at radius 3 is 2.52 bits per heavy atom. The Bertz CT molecular complexity index is 696. The molecular formula is C15H20N2O5S. The smallest absolute Gasteiger partial charge is 0.254 e. The third-order valence-corrected chi connectivity index (χ3v) is 4.98. The summed E-state index contributed by atoms with van der Waals surface area (Å²) in [5, 5.41) is 0. The Balaban J connectivity index is 1.56. The molecule has 3 rings (SSSR count). The van der Waals surface area contributed by atoms with Crippen molar-refractivity contribution in [1.82, 2.24) is 9.80 Å². The number of sulfone groups is 1. The van der Waals surface area contributed by atoms with Gasteiger partial charge in [-0.15, -0.1) is 0 Å². The summed E-state index contributed by atoms with van der Waals surface area (Å²) in [5.41, 5.74) is 0.582. The number of carbonyl (C=O) groups excluding carboxylic acids is 1. The molecule has 1 aromatic carbocycles. The van der Waals surface area contributed by atoms with E-state index >= 15 is 0 Å². The first kappa shape index (κ1) is 16.1. The average Bonchev–Trinajstić information content (AvgIpc) is 2.99. The van der Waals surface area contributed by atoms with Crippen LogP contribution in [0.5, 0.6) is 11.5 Å². The van der Waals surface area contributed by atoms with Crippen molar-refractivity contribution in [3.63, 3.8) is 0 Å². The van der Waals surface area contributed by atoms with Gasteiger partial charge in [0, 0.05) is 44.5 Å². The fourth-order valence-corrected chi connectivity index (χ4v) is 3.27. The summed E-state index contributed by atoms with van der Waals surface area (Å²) in [5.74, 6) is 1.38. The summed E-state index contributed by atoms with van der Waals surface area (Å²) in [4.78, 5) is 16.4. The fraction of sp³-hybridized carbons (Fsp3) is 0.533. The van der Waals surface area contributed by atoms with Crippen LogP contribution >= 0.6 is 0 Å². The van der Waals surface area contributed by atoms with E-state index < -0.39 is 9.84 Å². The molecule has 0 N–H and O–H groups in total. The number of carbonyl (C=O) groups is 1. The van der Waals surface area contributed by atoms with E-state index in [4.69, 9.17) is 9.47 Å². The SMILES string of the molecule is CS(=O)(=O)CCN1CCN(C(=O)c2ccc3c(c2)OCO3)CC1. The van der Waals surface area contributed by atoms with E-state index in [1.54, 1.807) is 23.1 Å². The van der Waals surface area contributed by atoms with Crippen molar-refractivity contribution >= 4 is 15.7 Å². The van der Waals surface area contributed by atoms with Gasteiger partial charge in [-0.3, -0.25) is 9.69 Å². The van der Waals surface area contributed by atoms with Gasteiger partial charge >= 0.3 is 0 Å². The highest BCUT2D eigenvalue weighted by Gasteiger charge is 2.24. The molecule has 2 aliphatic heterocycles. The van der Waals surface area contributed by atoms with Gasteiger partial charge in [-0.25, -0.2) is 8.42 Å². The van der Waals surface area contributed by atoms with Gasteiger partial charge in [0.25, 0.3) is 5.91 Å². The van der Waals surface area contributed by atoms with Gasteiger partial charge < -0.3 is 14.4 Å². The lowest BCUT2D eigenvalue weighted by molar-refractivity contribution is 0.0643. The molecule has 0 bridgehead atoms. The lowest BCUT2D eigenvalue weighted by Crippen LogP contribution is -2.49. The zero-order valence-corrected chi connectivity index (χ0v) is 13.8. The maximum absolute atomic E-state index is 12.5. The molecular weight excluding hydrogens is 320 g/mol. The number of hydrogen-bond donors (Lipinski definition) is 0. The van der Waals surface area contributed by atoms with E-state index in [0.29, 0.717) is 49.8 Å². The monoisotopic (exact) mass is 340 g/mol. The number of amides is 1. The highest BCUT2D eigenvalue weighted by atomic mass is 32.2. The number of ether oxygens (including phenoxy) is 2. The minimum Gasteiger partial charge on any atom is -0.454 e. The van der Waals surface area contributed by atoms with E-state index in [0.717, 1.165) is 0 Å². The summed E-state index contributed by atoms with van der Waals surface area (Å²) in [6, 6.07) is 5.20. The minimum atomic E-state index is -2.95. The van der Waals surface area contributed by atoms with Crippen molar-refractivity contribution in [3.05, 3.63) is 23.8 Å². The molecule has 0 saturated carbocycles. The van der Waals surface area contributed by atoms with Crippen molar-refractivity contribution in [2.75, 3.05) is 51.5 Å². The number of hydrogen-bond acceptors (Lipinski definition) is 6. The largest absolute Gasteiger partial charge is 0.454 e. The number of rotatable bonds is 4. The van der Waals surface area contributed by atoms with Gasteiger partial charge in [-0.05, 0) is 18.2 Å². The quantitative estimate of drug-likeness (QED) is 0.780. The molecule has 7 nitrogen and oxygen atoms in total. The van der Waals surface area contributed by atoms with Gasteiger partial charge in [0.15, 0.2) is 11.5 Å². The second-order valence-corrected chi connectivity index (χ2v) is 8.09. The van der Waals surface area contributed by atoms with E-state index in [1.165, 1.54) is 6.26 Å². The molecule has 0 unspecified atom stereocenters. The van der Waals surface area contributed by atoms with Gasteiger partial charge in [-0.2, -0.15) is 0 Å². The highest BCUT2D eigenvalue weighted by molar-refractivity contribution is 7.90. The molecule has 0 aromatic heterocycles. The maximum atomic E-state index is 12.5. The molecule has 0 atom stereocenters. The lowest BCUT2D eigenvalue weighted by atomic mass is 10.1. The molecule has 1 saturated heterocycles. The van der Waals surface area contributed by atoms with Crippen molar-refractivity contribution < 1.29 is 22.7 Å². The Hall–Kier alpha value is -1.80. The molecule has 1 amide bonds. The first-order valence-corrected chi connectivity index (χ1v) is 9.57. The molecule has 1 fully saturated rings. The maximum Gasteiger partial charge on any atom is 0.254 e. The molecule has 23 heavy (non-hydrogen) atoms. The summed E-state index contributed by atoms with van der Waals surface area (Å²) in [6.07, 6.45) is 1.24. The molecule has 0 spiro atoms. The van der Waals surface area contributed by atoms with Gasteiger partial charge in [-0.1, -0.05) is 0 Å². The third-order valence-electron chi connectivity index (χ3n) is 4.06. The van der Waals surface area contributed by atoms with Crippen molar-refractivity contribution in [1.29, 1.82) is 0 Å². The van der Waals surface area contributed by atoms with Crippen LogP contribution in [0.2, 0.25) is 0 Å². The van der Waals surface area contributed by atoms with Crippen LogP contribution in [0.3, 0.4) is 0 Å². The summed E-state index contributed by atoms with van der Waals surface area (Å²) >= 11 is 0. The number of piperazine rings is 1. The fourth-order valence-electron chi connectivity index (χ4n) is 2.68. The van der Waals surface area contributed by atoms with Crippen molar-refractivity contribution in [2.24, 2.45) is 0 Å². The van der Waals surface area contributed by atoms with Crippen LogP contribution in [0.15, 0.2) is 18.2 Å². The van der Waals surface area contributed by atoms with Gasteiger partial charge in [0.2, 0.25) is 6.79 Å². The Morgan fingerprint density at radius 1 is 1.13 bits per heavy atom. The van der Waals surface area contributed by atoms with E-state index in [2.05, 4.69) is 4.90 Å². The third kappa shape index (κ3) is 3.94. The van der Waals surface area contributed by atoms with Crippen LogP contribution < -0.4 is 9.47 Å². The number of nitrogens with zero attached hydrogens (tertiary/aromatic N) is 2. The Kier molecular flexibility index (Phi) is 4.45. The first-order valence-electron chi connectivity index (χ1n) is 7.51. The summed E-state index contributed by atoms with van der Waals surface area (Å²) < 4.78 is 33.0. The minimum absolute atomic E-state index is 0.0361. The number of benzene rings is 1. The highest BCUT2D eigenvalue weighted by Crippen LogP contribution is 2.32. The summed E-state index contributed by atoms with van der Waals surface area (Å²) in [6.45, 7) is 3.27. The predicted octanol–water partition coefficient (Wildman–Crippen LogP) is 0.218. The van der Waals surface area contributed by atoms with Crippen LogP contribution in [0, 0.1) is 0 Å². The summed E-state index contributed by atoms with van der Waals surface area (Å²) in [7, 11) is -2.95. The van der Waals surface area contributed by atoms with Crippen LogP contribution in [-0.4, -0.2) is 75.7 Å². The van der Waals surface area contributed by atoms with Crippen molar-refractivity contribution in [2.45, 2.75) is 0 Å². The van der Waals surface area contributed by atoms with Crippen LogP contribution in [0.25, 0.3) is 0 Å². The molecule has 0 aliphatic carbocycles. The Labute approximate surface area is 135 Å². The van der Waals surface area contributed by atoms with Crippen LogP contribution in [-0.2, 0) is 9.84 Å². The second kappa shape index (κ2) is 6.37. The van der Waals surface area contributed by atoms with Gasteiger partial charge in [0.1, 0.15) is 9.84 Å². The normalized spacial score (nSPS) is 18.2. The zero-order valence-electron chi connectivity index (χ0n) is 13.0. The molecule has 2 aliphatic rings. The molecule has 2 heterocycles. The number of fused-ring (bicyclic) bond motifs is 1. The van der Waals surface area contributed by atoms with Crippen LogP contribution in [0.1, 0.15) is 10.4 Å². The average molecular weight is 340 g/mol. The molecule has 126 valence electrons. The van der Waals surface area contributed by atoms with Gasteiger partial charge in [0.05, 0.1) is 5.75 Å². The van der Waals surface area contributed by atoms with Crippen molar-refractivity contribution in [3.8, 4) is 11.5 Å². The lowest BCUT2D eigenvalue weighted by Gasteiger charge is -2.34. The molecule has 1 aromatic rings.